The first-order valence-electron chi connectivity index (χ1n) is 16.2. The van der Waals surface area contributed by atoms with Gasteiger partial charge in [-0.15, -0.1) is 11.8 Å². The van der Waals surface area contributed by atoms with E-state index in [1.165, 1.54) is 54.9 Å². The van der Waals surface area contributed by atoms with Gasteiger partial charge in [0.05, 0.1) is 16.8 Å². The summed E-state index contributed by atoms with van der Waals surface area (Å²) in [5.41, 5.74) is 3.98. The van der Waals surface area contributed by atoms with Gasteiger partial charge in [0, 0.05) is 12.0 Å². The van der Waals surface area contributed by atoms with E-state index in [4.69, 9.17) is 10.1 Å². The van der Waals surface area contributed by atoms with Crippen molar-refractivity contribution >= 4 is 29.2 Å². The fourth-order valence-corrected chi connectivity index (χ4v) is 13.7. The number of carbonyl (C=O) groups is 1. The van der Waals surface area contributed by atoms with Gasteiger partial charge >= 0.3 is 5.97 Å². The average molecular weight is 566 g/mol. The molecule has 1 saturated heterocycles. The van der Waals surface area contributed by atoms with Gasteiger partial charge in [0.25, 0.3) is 0 Å². The molecule has 5 aliphatic carbocycles. The SMILES string of the molecule is C=C(C)[C@@H]1CC[C@]2(C(=O)O)CC[C@]3(C)C(CCC4[C@@]5(C)CC6=NN7CCCSC7N=C6C(C)(C)C5CC[C@]43C)C12. The molecule has 5 nitrogen and oxygen atoms in total. The van der Waals surface area contributed by atoms with Crippen LogP contribution in [0.2, 0.25) is 0 Å². The third-order valence-electron chi connectivity index (χ3n) is 14.6. The number of allylic oxidation sites excluding steroid dienone is 1. The van der Waals surface area contributed by atoms with E-state index in [0.717, 1.165) is 38.6 Å². The van der Waals surface area contributed by atoms with Crippen LogP contribution in [0.15, 0.2) is 22.2 Å². The lowest BCUT2D eigenvalue weighted by Gasteiger charge is -2.72. The van der Waals surface area contributed by atoms with Crippen LogP contribution >= 0.6 is 11.8 Å². The third kappa shape index (κ3) is 3.26. The number of fused-ring (bicyclic) bond motifs is 9. The topological polar surface area (TPSA) is 65.3 Å². The summed E-state index contributed by atoms with van der Waals surface area (Å²) in [5.74, 6) is 2.94. The maximum atomic E-state index is 13.0. The summed E-state index contributed by atoms with van der Waals surface area (Å²) >= 11 is 1.96. The monoisotopic (exact) mass is 565 g/mol. The van der Waals surface area contributed by atoms with E-state index in [-0.39, 0.29) is 33.1 Å². The van der Waals surface area contributed by atoms with Crippen molar-refractivity contribution in [3.8, 4) is 0 Å². The quantitative estimate of drug-likeness (QED) is 0.346. The first kappa shape index (κ1) is 27.5. The summed E-state index contributed by atoms with van der Waals surface area (Å²) in [6.07, 6.45) is 10.9. The molecule has 5 saturated carbocycles. The lowest BCUT2D eigenvalue weighted by molar-refractivity contribution is -0.226. The zero-order valence-electron chi connectivity index (χ0n) is 25.8. The second kappa shape index (κ2) is 8.63. The molecule has 0 bridgehead atoms. The Morgan fingerprint density at radius 2 is 1.77 bits per heavy atom. The van der Waals surface area contributed by atoms with Gasteiger partial charge in [0.15, 0.2) is 5.50 Å². The van der Waals surface area contributed by atoms with Crippen LogP contribution in [0.4, 0.5) is 0 Å². The Morgan fingerprint density at radius 3 is 2.50 bits per heavy atom. The molecule has 40 heavy (non-hydrogen) atoms. The van der Waals surface area contributed by atoms with Crippen molar-refractivity contribution in [2.45, 2.75) is 111 Å². The molecular weight excluding hydrogens is 514 g/mol. The van der Waals surface area contributed by atoms with Crippen molar-refractivity contribution in [2.24, 2.45) is 66.8 Å². The lowest BCUT2D eigenvalue weighted by Crippen LogP contribution is -2.68. The fraction of sp³-hybridized carbons (Fsp3) is 0.853. The number of carboxylic acid groups (broad SMARTS) is 1. The van der Waals surface area contributed by atoms with Crippen LogP contribution in [0.5, 0.6) is 0 Å². The van der Waals surface area contributed by atoms with E-state index in [1.807, 2.05) is 11.8 Å². The summed E-state index contributed by atoms with van der Waals surface area (Å²) in [5, 5.41) is 18.3. The lowest BCUT2D eigenvalue weighted by atomic mass is 9.32. The van der Waals surface area contributed by atoms with Crippen LogP contribution in [0.3, 0.4) is 0 Å². The maximum Gasteiger partial charge on any atom is 0.309 e. The van der Waals surface area contributed by atoms with E-state index < -0.39 is 11.4 Å². The highest BCUT2D eigenvalue weighted by Crippen LogP contribution is 2.77. The number of hydrogen-bond donors (Lipinski definition) is 1. The number of hydrogen-bond acceptors (Lipinski definition) is 5. The number of aliphatic carboxylic acids is 1. The van der Waals surface area contributed by atoms with Crippen molar-refractivity contribution in [3.05, 3.63) is 12.2 Å². The highest BCUT2D eigenvalue weighted by atomic mass is 32.2. The zero-order valence-corrected chi connectivity index (χ0v) is 26.6. The summed E-state index contributed by atoms with van der Waals surface area (Å²) < 4.78 is 0. The molecule has 5 unspecified atom stereocenters. The number of rotatable bonds is 2. The van der Waals surface area contributed by atoms with E-state index >= 15 is 0 Å². The Morgan fingerprint density at radius 1 is 1.00 bits per heavy atom. The Balaban J connectivity index is 1.28. The van der Waals surface area contributed by atoms with Gasteiger partial charge in [0.1, 0.15) is 0 Å². The van der Waals surface area contributed by atoms with Gasteiger partial charge in [0.2, 0.25) is 0 Å². The van der Waals surface area contributed by atoms with Crippen molar-refractivity contribution in [3.63, 3.8) is 0 Å². The molecule has 7 rings (SSSR count). The van der Waals surface area contributed by atoms with E-state index in [1.54, 1.807) is 0 Å². The molecule has 1 N–H and O–H groups in total. The minimum Gasteiger partial charge on any atom is -0.481 e. The second-order valence-corrected chi connectivity index (χ2v) is 17.4. The molecular formula is C34H51N3O2S. The molecule has 7 aliphatic rings. The molecule has 0 aromatic heterocycles. The van der Waals surface area contributed by atoms with Crippen LogP contribution < -0.4 is 0 Å². The third-order valence-corrected chi connectivity index (χ3v) is 15.8. The number of aliphatic imine (C=N–C) groups is 1. The summed E-state index contributed by atoms with van der Waals surface area (Å²) in [6.45, 7) is 20.4. The largest absolute Gasteiger partial charge is 0.481 e. The highest BCUT2D eigenvalue weighted by molar-refractivity contribution is 7.99. The van der Waals surface area contributed by atoms with Crippen molar-refractivity contribution in [1.29, 1.82) is 0 Å². The molecule has 0 aromatic carbocycles. The Bertz CT molecular complexity index is 1210. The van der Waals surface area contributed by atoms with Crippen LogP contribution in [0.25, 0.3) is 0 Å². The number of carboxylic acids is 1. The highest BCUT2D eigenvalue weighted by Gasteiger charge is 2.72. The molecule has 0 amide bonds. The van der Waals surface area contributed by atoms with Gasteiger partial charge in [-0.1, -0.05) is 46.8 Å². The molecule has 220 valence electrons. The summed E-state index contributed by atoms with van der Waals surface area (Å²) in [6, 6.07) is 0. The average Bonchev–Trinajstić information content (AvgIpc) is 3.30. The van der Waals surface area contributed by atoms with Gasteiger partial charge in [-0.3, -0.25) is 14.8 Å². The predicted octanol–water partition coefficient (Wildman–Crippen LogP) is 7.87. The first-order chi connectivity index (χ1) is 18.8. The minimum absolute atomic E-state index is 0.0243. The molecule has 6 heteroatoms. The van der Waals surface area contributed by atoms with Crippen LogP contribution in [-0.4, -0.2) is 45.3 Å². The summed E-state index contributed by atoms with van der Waals surface area (Å²) in [4.78, 5) is 18.3. The molecule has 0 aromatic rings. The summed E-state index contributed by atoms with van der Waals surface area (Å²) in [7, 11) is 0. The fourth-order valence-electron chi connectivity index (χ4n) is 12.7. The van der Waals surface area contributed by atoms with Crippen molar-refractivity contribution in [2.75, 3.05) is 12.3 Å². The van der Waals surface area contributed by atoms with Crippen LogP contribution in [-0.2, 0) is 4.79 Å². The second-order valence-electron chi connectivity index (χ2n) is 16.3. The van der Waals surface area contributed by atoms with E-state index in [9.17, 15) is 9.90 Å². The first-order valence-corrected chi connectivity index (χ1v) is 17.3. The van der Waals surface area contributed by atoms with Gasteiger partial charge in [-0.25, -0.2) is 0 Å². The van der Waals surface area contributed by atoms with Crippen molar-refractivity contribution < 1.29 is 9.90 Å². The maximum absolute atomic E-state index is 13.0. The molecule has 6 fully saturated rings. The number of hydrazone groups is 1. The Kier molecular flexibility index (Phi) is 5.94. The van der Waals surface area contributed by atoms with Crippen LogP contribution in [0.1, 0.15) is 106 Å². The molecule has 0 radical (unpaired) electrons. The molecule has 2 heterocycles. The number of thioether (sulfide) groups is 1. The van der Waals surface area contributed by atoms with Gasteiger partial charge in [-0.05, 0) is 123 Å². The van der Waals surface area contributed by atoms with E-state index in [0.29, 0.717) is 23.7 Å². The van der Waals surface area contributed by atoms with Gasteiger partial charge in [-0.2, -0.15) is 5.10 Å². The normalized spacial score (nSPS) is 50.6. The molecule has 0 spiro atoms. The number of nitrogens with zero attached hydrogens (tertiary/aromatic N) is 3. The van der Waals surface area contributed by atoms with Crippen molar-refractivity contribution in [1.82, 2.24) is 5.01 Å². The zero-order chi connectivity index (χ0) is 28.5. The standard InChI is InChI=1S/C34H51N3O2S/c1-20(2)21-11-14-34(28(38)39)16-15-32(6)22(26(21)34)9-10-25-31(5)19-23-27(35-29-37(36-23)17-8-18-40-29)30(3,4)24(31)12-13-33(25,32)7/h21-22,24-26,29H,1,8-19H2,2-7H3,(H,38,39)/t21-,22?,24?,25?,26?,29?,31-,32+,33+,34-/m0/s1. The van der Waals surface area contributed by atoms with Crippen LogP contribution in [0, 0.1) is 56.7 Å². The molecule has 2 aliphatic heterocycles. The minimum atomic E-state index is -0.546. The Hall–Kier alpha value is -1.30. The van der Waals surface area contributed by atoms with Gasteiger partial charge < -0.3 is 5.11 Å². The Labute approximate surface area is 246 Å². The predicted molar refractivity (Wildman–Crippen MR) is 164 cm³/mol. The smallest absolute Gasteiger partial charge is 0.309 e. The van der Waals surface area contributed by atoms with E-state index in [2.05, 4.69) is 53.1 Å². The molecule has 10 atom stereocenters.